The van der Waals surface area contributed by atoms with Gasteiger partial charge in [-0.3, -0.25) is 28.9 Å². The molecule has 3 aliphatic carbocycles. The fraction of sp³-hybridized carbons (Fsp3) is 0.457. The van der Waals surface area contributed by atoms with Gasteiger partial charge in [0.25, 0.3) is 5.91 Å². The molecule has 8 atom stereocenters. The van der Waals surface area contributed by atoms with Crippen molar-refractivity contribution in [2.75, 3.05) is 5.01 Å². The second-order valence-corrected chi connectivity index (χ2v) is 20.3. The predicted octanol–water partition coefficient (Wildman–Crippen LogP) is 6.09. The first-order valence-electron chi connectivity index (χ1n) is 21.7. The number of nitrogens with one attached hydrogen (secondary N) is 3. The summed E-state index contributed by atoms with van der Waals surface area (Å²) in [5, 5.41) is 14.0. The standard InChI is InChI=1S/C46H51N7O7S2/c1-27-39(28(2)53(51-27)30-15-8-6-9-16-30)43(56)48-37-19-10-5-3-4-7-14-29-26-46(29,45(57)52-62(58,59)32-21-22-32)50-42(55)34-25-31(24-33(34)41(37)54)60-44-40(38-20-13-23-61-38)47-35-17-11-12-18-36(35)49-44/h6-9,11-18,20,23,28-29,31-34,37,39H,3-5,10,19,21-22,24-26H2,1-2H3,(H,48,56)(H,50,55)(H,52,57)/b14-7-/t28?,29?,31-,33?,34+,37+,39?,46+/m0/s1. The van der Waals surface area contributed by atoms with Gasteiger partial charge in [-0.25, -0.2) is 18.4 Å². The second kappa shape index (κ2) is 17.0. The van der Waals surface area contributed by atoms with E-state index in [4.69, 9.17) is 19.8 Å². The zero-order valence-electron chi connectivity index (χ0n) is 34.7. The SMILES string of the molecule is CC1=NN(c2ccccc2)C(C)C1C(=O)N[C@@H]1CCCCC/C=C\C2C[C@@]2(C(=O)NS(=O)(=O)C2CC2)NC(=O)[C@@H]2C[C@@H](Oc3nc4ccccc4nc3-c3cccs3)CC2C1=O. The number of ether oxygens (including phenoxy) is 1. The average molecular weight is 878 g/mol. The van der Waals surface area contributed by atoms with E-state index in [1.165, 1.54) is 11.3 Å². The van der Waals surface area contributed by atoms with Crippen LogP contribution in [-0.4, -0.2) is 76.6 Å². The van der Waals surface area contributed by atoms with E-state index in [2.05, 4.69) is 15.4 Å². The number of hydrogen-bond acceptors (Lipinski definition) is 12. The van der Waals surface area contributed by atoms with E-state index in [0.29, 0.717) is 54.5 Å². The summed E-state index contributed by atoms with van der Waals surface area (Å²) >= 11 is 1.49. The summed E-state index contributed by atoms with van der Waals surface area (Å²) in [5.74, 6) is -4.56. The quantitative estimate of drug-likeness (QED) is 0.166. The number of rotatable bonds is 9. The van der Waals surface area contributed by atoms with E-state index in [1.807, 2.05) is 103 Å². The Morgan fingerprint density at radius 3 is 2.40 bits per heavy atom. The number of thiophene rings is 1. The third-order valence-electron chi connectivity index (χ3n) is 13.0. The first-order chi connectivity index (χ1) is 29.9. The van der Waals surface area contributed by atoms with E-state index in [0.717, 1.165) is 23.4 Å². The molecule has 0 spiro atoms. The van der Waals surface area contributed by atoms with Gasteiger partial charge in [-0.1, -0.05) is 61.4 Å². The van der Waals surface area contributed by atoms with Gasteiger partial charge >= 0.3 is 0 Å². The lowest BCUT2D eigenvalue weighted by Crippen LogP contribution is -2.55. The molecule has 4 unspecified atom stereocenters. The van der Waals surface area contributed by atoms with Crippen molar-refractivity contribution in [3.63, 3.8) is 0 Å². The molecule has 9 rings (SSSR count). The Balaban J connectivity index is 1.03. The summed E-state index contributed by atoms with van der Waals surface area (Å²) in [6.45, 7) is 3.76. The van der Waals surface area contributed by atoms with Crippen molar-refractivity contribution in [2.45, 2.75) is 107 Å². The largest absolute Gasteiger partial charge is 0.473 e. The topological polar surface area (TPSA) is 189 Å². The lowest BCUT2D eigenvalue weighted by molar-refractivity contribution is -0.137. The van der Waals surface area contributed by atoms with E-state index >= 15 is 4.79 Å². The van der Waals surface area contributed by atoms with Crippen molar-refractivity contribution >= 4 is 67.3 Å². The summed E-state index contributed by atoms with van der Waals surface area (Å²) in [6.07, 6.45) is 7.95. The first-order valence-corrected chi connectivity index (χ1v) is 24.1. The Labute approximate surface area is 365 Å². The van der Waals surface area contributed by atoms with Gasteiger partial charge < -0.3 is 15.4 Å². The van der Waals surface area contributed by atoms with Gasteiger partial charge in [0.05, 0.1) is 50.8 Å². The molecule has 0 saturated heterocycles. The van der Waals surface area contributed by atoms with Crippen molar-refractivity contribution in [3.8, 4) is 16.5 Å². The first kappa shape index (κ1) is 41.9. The maximum atomic E-state index is 15.1. The molecule has 3 amide bonds. The van der Waals surface area contributed by atoms with Gasteiger partial charge in [-0.2, -0.15) is 5.10 Å². The van der Waals surface area contributed by atoms with Crippen LogP contribution in [0, 0.1) is 23.7 Å². The number of para-hydroxylation sites is 3. The van der Waals surface area contributed by atoms with Gasteiger partial charge in [-0.15, -0.1) is 11.3 Å². The van der Waals surface area contributed by atoms with Gasteiger partial charge in [0, 0.05) is 17.5 Å². The minimum absolute atomic E-state index is 0.108. The number of carbonyl (C=O) groups excluding carboxylic acids is 4. The van der Waals surface area contributed by atoms with Crippen molar-refractivity contribution in [1.29, 1.82) is 0 Å². The molecule has 2 aromatic carbocycles. The summed E-state index contributed by atoms with van der Waals surface area (Å²) in [4.78, 5) is 68.8. The van der Waals surface area contributed by atoms with Crippen LogP contribution >= 0.6 is 11.3 Å². The molecular weight excluding hydrogens is 827 g/mol. The maximum absolute atomic E-state index is 15.1. The molecule has 14 nitrogen and oxygen atoms in total. The number of nitrogens with zero attached hydrogens (tertiary/aromatic N) is 4. The minimum Gasteiger partial charge on any atom is -0.473 e. The molecule has 2 aliphatic heterocycles. The summed E-state index contributed by atoms with van der Waals surface area (Å²) < 4.78 is 35.0. The van der Waals surface area contributed by atoms with Crippen LogP contribution in [0.3, 0.4) is 0 Å². The average Bonchev–Trinajstić information content (AvgIpc) is 4.08. The van der Waals surface area contributed by atoms with Crippen LogP contribution < -0.4 is 25.1 Å². The number of aromatic nitrogens is 2. The number of hydrogen-bond donors (Lipinski definition) is 3. The number of benzene rings is 2. The predicted molar refractivity (Wildman–Crippen MR) is 237 cm³/mol. The summed E-state index contributed by atoms with van der Waals surface area (Å²) in [7, 11) is -3.90. The molecule has 3 saturated carbocycles. The van der Waals surface area contributed by atoms with Crippen LogP contribution in [0.5, 0.6) is 5.88 Å². The zero-order valence-corrected chi connectivity index (χ0v) is 36.4. The molecule has 324 valence electrons. The van der Waals surface area contributed by atoms with E-state index < -0.39 is 68.4 Å². The fourth-order valence-corrected chi connectivity index (χ4v) is 11.5. The van der Waals surface area contributed by atoms with Crippen LogP contribution in [0.25, 0.3) is 21.6 Å². The van der Waals surface area contributed by atoms with Crippen LogP contribution in [0.4, 0.5) is 5.69 Å². The number of carbonyl (C=O) groups is 4. The molecule has 16 heteroatoms. The number of anilines is 1. The highest BCUT2D eigenvalue weighted by atomic mass is 32.2. The fourth-order valence-electron chi connectivity index (χ4n) is 9.41. The zero-order chi connectivity index (χ0) is 43.2. The lowest BCUT2D eigenvalue weighted by Gasteiger charge is -2.28. The highest BCUT2D eigenvalue weighted by Crippen LogP contribution is 2.47. The van der Waals surface area contributed by atoms with Gasteiger partial charge in [0.1, 0.15) is 17.3 Å². The Morgan fingerprint density at radius 1 is 0.919 bits per heavy atom. The number of sulfonamides is 1. The monoisotopic (exact) mass is 877 g/mol. The van der Waals surface area contributed by atoms with Crippen molar-refractivity contribution in [1.82, 2.24) is 25.3 Å². The molecule has 2 aromatic heterocycles. The van der Waals surface area contributed by atoms with E-state index in [1.54, 1.807) is 0 Å². The highest BCUT2D eigenvalue weighted by Gasteiger charge is 2.62. The summed E-state index contributed by atoms with van der Waals surface area (Å²) in [6, 6.07) is 19.7. The smallest absolute Gasteiger partial charge is 0.259 e. The number of fused-ring (bicyclic) bond motifs is 3. The third kappa shape index (κ3) is 8.38. The van der Waals surface area contributed by atoms with Gasteiger partial charge in [0.15, 0.2) is 5.78 Å². The number of amides is 3. The Kier molecular flexibility index (Phi) is 11.5. The van der Waals surface area contributed by atoms with Crippen molar-refractivity contribution in [2.24, 2.45) is 28.8 Å². The molecule has 3 N–H and O–H groups in total. The Morgan fingerprint density at radius 2 is 1.66 bits per heavy atom. The molecule has 4 aromatic rings. The van der Waals surface area contributed by atoms with Gasteiger partial charge in [0.2, 0.25) is 27.7 Å². The Hall–Kier alpha value is -5.48. The van der Waals surface area contributed by atoms with Crippen molar-refractivity contribution in [3.05, 3.63) is 84.3 Å². The van der Waals surface area contributed by atoms with E-state index in [9.17, 15) is 22.8 Å². The molecule has 3 fully saturated rings. The van der Waals surface area contributed by atoms with Crippen LogP contribution in [0.15, 0.2) is 89.4 Å². The third-order valence-corrected chi connectivity index (χ3v) is 15.7. The van der Waals surface area contributed by atoms with Gasteiger partial charge in [-0.05, 0) is 101 Å². The Bertz CT molecular complexity index is 2550. The van der Waals surface area contributed by atoms with Crippen LogP contribution in [-0.2, 0) is 29.2 Å². The van der Waals surface area contributed by atoms with Crippen molar-refractivity contribution < 1.29 is 32.3 Å². The molecule has 0 radical (unpaired) electrons. The highest BCUT2D eigenvalue weighted by molar-refractivity contribution is 7.91. The molecule has 0 bridgehead atoms. The molecule has 62 heavy (non-hydrogen) atoms. The normalized spacial score (nSPS) is 29.6. The number of ketones is 1. The second-order valence-electron chi connectivity index (χ2n) is 17.4. The number of allylic oxidation sites excluding steroid dienone is 1. The molecule has 4 heterocycles. The number of hydrazone groups is 1. The molecule has 5 aliphatic rings. The lowest BCUT2D eigenvalue weighted by atomic mass is 9.85. The summed E-state index contributed by atoms with van der Waals surface area (Å²) in [5.41, 5.74) is 1.85. The van der Waals surface area contributed by atoms with E-state index in [-0.39, 0.29) is 42.9 Å². The number of Topliss-reactive ketones (excluding diaryl/α,β-unsaturated/α-hetero) is 1. The van der Waals surface area contributed by atoms with Crippen LogP contribution in [0.1, 0.15) is 78.1 Å². The maximum Gasteiger partial charge on any atom is 0.259 e. The molecular formula is C46H51N7O7S2. The van der Waals surface area contributed by atoms with Crippen LogP contribution in [0.2, 0.25) is 0 Å². The minimum atomic E-state index is -3.90.